The molecule has 100 valence electrons. The van der Waals surface area contributed by atoms with Crippen molar-refractivity contribution in [3.63, 3.8) is 0 Å². The smallest absolute Gasteiger partial charge is 0.0843 e. The van der Waals surface area contributed by atoms with Crippen molar-refractivity contribution in [1.29, 1.82) is 0 Å². The van der Waals surface area contributed by atoms with E-state index in [1.54, 1.807) is 0 Å². The molecule has 0 amide bonds. The van der Waals surface area contributed by atoms with Crippen LogP contribution in [0.25, 0.3) is 0 Å². The van der Waals surface area contributed by atoms with Crippen LogP contribution in [0.5, 0.6) is 0 Å². The third-order valence-corrected chi connectivity index (χ3v) is 3.41. The van der Waals surface area contributed by atoms with E-state index in [0.29, 0.717) is 0 Å². The van der Waals surface area contributed by atoms with Gasteiger partial charge in [0.25, 0.3) is 0 Å². The van der Waals surface area contributed by atoms with E-state index in [-0.39, 0.29) is 12.1 Å². The molecule has 4 heteroatoms. The Balaban J connectivity index is 2.06. The van der Waals surface area contributed by atoms with Crippen LogP contribution in [0.4, 0.5) is 0 Å². The number of benzene rings is 1. The van der Waals surface area contributed by atoms with Crippen molar-refractivity contribution >= 4 is 0 Å². The van der Waals surface area contributed by atoms with E-state index in [4.69, 9.17) is 10.6 Å². The Kier molecular flexibility index (Phi) is 4.72. The van der Waals surface area contributed by atoms with Crippen molar-refractivity contribution in [2.75, 3.05) is 27.2 Å². The fraction of sp³-hybridized carbons (Fsp3) is 0.571. The topological polar surface area (TPSA) is 50.5 Å². The molecule has 0 saturated heterocycles. The second-order valence-corrected chi connectivity index (χ2v) is 5.17. The molecule has 2 rings (SSSR count). The van der Waals surface area contributed by atoms with Crippen LogP contribution in [0.2, 0.25) is 0 Å². The highest BCUT2D eigenvalue weighted by molar-refractivity contribution is 5.31. The quantitative estimate of drug-likeness (QED) is 0.606. The number of hydrogen-bond acceptors (Lipinski definition) is 4. The normalized spacial score (nSPS) is 20.8. The van der Waals surface area contributed by atoms with Crippen LogP contribution < -0.4 is 11.3 Å². The van der Waals surface area contributed by atoms with Crippen molar-refractivity contribution in [2.24, 2.45) is 5.84 Å². The van der Waals surface area contributed by atoms with Gasteiger partial charge < -0.3 is 9.64 Å². The second kappa shape index (κ2) is 6.29. The molecule has 0 aliphatic carbocycles. The lowest BCUT2D eigenvalue weighted by Crippen LogP contribution is -2.43. The van der Waals surface area contributed by atoms with Gasteiger partial charge in [0.15, 0.2) is 0 Å². The second-order valence-electron chi connectivity index (χ2n) is 5.17. The lowest BCUT2D eigenvalue weighted by atomic mass is 9.93. The maximum atomic E-state index is 5.90. The molecule has 0 saturated carbocycles. The van der Waals surface area contributed by atoms with Crippen molar-refractivity contribution < 1.29 is 4.74 Å². The zero-order valence-electron chi connectivity index (χ0n) is 11.2. The van der Waals surface area contributed by atoms with Crippen LogP contribution in [-0.2, 0) is 11.2 Å². The minimum Gasteiger partial charge on any atom is -0.373 e. The molecule has 1 aromatic rings. The number of nitrogens with two attached hydrogens (primary N) is 1. The molecule has 4 nitrogen and oxygen atoms in total. The van der Waals surface area contributed by atoms with E-state index in [0.717, 1.165) is 26.0 Å². The summed E-state index contributed by atoms with van der Waals surface area (Å²) in [7, 11) is 4.11. The predicted molar refractivity (Wildman–Crippen MR) is 73.1 cm³/mol. The van der Waals surface area contributed by atoms with Crippen LogP contribution in [0, 0.1) is 0 Å². The zero-order chi connectivity index (χ0) is 13.0. The number of fused-ring (bicyclic) bond motifs is 1. The van der Waals surface area contributed by atoms with Gasteiger partial charge >= 0.3 is 0 Å². The number of hydrogen-bond donors (Lipinski definition) is 2. The highest BCUT2D eigenvalue weighted by Gasteiger charge is 2.23. The molecule has 0 bridgehead atoms. The van der Waals surface area contributed by atoms with E-state index in [2.05, 4.69) is 48.7 Å². The molecule has 1 aliphatic heterocycles. The van der Waals surface area contributed by atoms with Gasteiger partial charge in [-0.05, 0) is 38.1 Å². The first-order valence-electron chi connectivity index (χ1n) is 6.51. The molecule has 0 fully saturated rings. The fourth-order valence-electron chi connectivity index (χ4n) is 2.57. The highest BCUT2D eigenvalue weighted by atomic mass is 16.5. The summed E-state index contributed by atoms with van der Waals surface area (Å²) in [5.41, 5.74) is 5.62. The molecule has 3 N–H and O–H groups in total. The summed E-state index contributed by atoms with van der Waals surface area (Å²) in [6.45, 7) is 1.72. The van der Waals surface area contributed by atoms with Gasteiger partial charge in [-0.1, -0.05) is 24.3 Å². The number of rotatable bonds is 5. The van der Waals surface area contributed by atoms with Gasteiger partial charge in [0.1, 0.15) is 0 Å². The summed E-state index contributed by atoms with van der Waals surface area (Å²) in [5, 5.41) is 0. The van der Waals surface area contributed by atoms with Crippen LogP contribution in [0.15, 0.2) is 24.3 Å². The Morgan fingerprint density at radius 3 is 2.94 bits per heavy atom. The highest BCUT2D eigenvalue weighted by Crippen LogP contribution is 2.30. The van der Waals surface area contributed by atoms with Gasteiger partial charge in [-0.25, -0.2) is 0 Å². The maximum Gasteiger partial charge on any atom is 0.0843 e. The maximum absolute atomic E-state index is 5.90. The predicted octanol–water partition coefficient (Wildman–Crippen LogP) is 1.08. The van der Waals surface area contributed by atoms with Crippen LogP contribution in [0.1, 0.15) is 23.7 Å². The van der Waals surface area contributed by atoms with Crippen LogP contribution >= 0.6 is 0 Å². The Hall–Kier alpha value is -0.940. The number of ether oxygens (including phenoxy) is 1. The Morgan fingerprint density at radius 2 is 2.22 bits per heavy atom. The summed E-state index contributed by atoms with van der Waals surface area (Å²) in [6, 6.07) is 8.79. The Bertz CT molecular complexity index is 381. The average Bonchev–Trinajstić information content (AvgIpc) is 2.38. The minimum atomic E-state index is 0.163. The summed E-state index contributed by atoms with van der Waals surface area (Å²) >= 11 is 0. The molecule has 2 unspecified atom stereocenters. The van der Waals surface area contributed by atoms with E-state index < -0.39 is 0 Å². The third kappa shape index (κ3) is 3.29. The van der Waals surface area contributed by atoms with E-state index in [1.165, 1.54) is 11.1 Å². The summed E-state index contributed by atoms with van der Waals surface area (Å²) in [5.74, 6) is 5.63. The number of likely N-dealkylation sites (N-methyl/N-ethyl adjacent to an activating group) is 1. The summed E-state index contributed by atoms with van der Waals surface area (Å²) in [4.78, 5) is 2.14. The van der Waals surface area contributed by atoms with Crippen LogP contribution in [-0.4, -0.2) is 38.2 Å². The first-order valence-corrected chi connectivity index (χ1v) is 6.51. The van der Waals surface area contributed by atoms with Crippen LogP contribution in [0.3, 0.4) is 0 Å². The monoisotopic (exact) mass is 249 g/mol. The molecule has 1 heterocycles. The molecule has 0 aromatic heterocycles. The van der Waals surface area contributed by atoms with E-state index in [9.17, 15) is 0 Å². The molecule has 2 atom stereocenters. The third-order valence-electron chi connectivity index (χ3n) is 3.41. The SMILES string of the molecule is CN(C)CC(CC1OCCc2ccccc21)NN. The van der Waals surface area contributed by atoms with Crippen molar-refractivity contribution in [3.05, 3.63) is 35.4 Å². The minimum absolute atomic E-state index is 0.163. The first kappa shape index (κ1) is 13.5. The van der Waals surface area contributed by atoms with Crippen molar-refractivity contribution in [1.82, 2.24) is 10.3 Å². The standard InChI is InChI=1S/C14H23N3O/c1-17(2)10-12(16-15)9-14-13-6-4-3-5-11(13)7-8-18-14/h3-6,12,14,16H,7-10,15H2,1-2H3. The van der Waals surface area contributed by atoms with Gasteiger partial charge in [-0.2, -0.15) is 0 Å². The fourth-order valence-corrected chi connectivity index (χ4v) is 2.57. The van der Waals surface area contributed by atoms with Gasteiger partial charge in [0.2, 0.25) is 0 Å². The molecular weight excluding hydrogens is 226 g/mol. The van der Waals surface area contributed by atoms with Gasteiger partial charge in [0, 0.05) is 12.6 Å². The Labute approximate surface area is 109 Å². The summed E-state index contributed by atoms with van der Waals surface area (Å²) < 4.78 is 5.90. The van der Waals surface area contributed by atoms with E-state index >= 15 is 0 Å². The molecule has 1 aliphatic rings. The zero-order valence-corrected chi connectivity index (χ0v) is 11.2. The number of hydrazine groups is 1. The van der Waals surface area contributed by atoms with E-state index in [1.807, 2.05) is 0 Å². The molecule has 0 radical (unpaired) electrons. The van der Waals surface area contributed by atoms with Gasteiger partial charge in [-0.3, -0.25) is 11.3 Å². The molecule has 18 heavy (non-hydrogen) atoms. The largest absolute Gasteiger partial charge is 0.373 e. The van der Waals surface area contributed by atoms with Crippen molar-refractivity contribution in [2.45, 2.75) is 25.0 Å². The number of nitrogens with one attached hydrogen (secondary N) is 1. The molecule has 1 aromatic carbocycles. The van der Waals surface area contributed by atoms with Gasteiger partial charge in [0.05, 0.1) is 12.7 Å². The van der Waals surface area contributed by atoms with Crippen molar-refractivity contribution in [3.8, 4) is 0 Å². The lowest BCUT2D eigenvalue weighted by molar-refractivity contribution is 0.0275. The molecular formula is C14H23N3O. The number of nitrogens with zero attached hydrogens (tertiary/aromatic N) is 1. The summed E-state index contributed by atoms with van der Waals surface area (Å²) in [6.07, 6.45) is 2.09. The molecule has 0 spiro atoms. The first-order chi connectivity index (χ1) is 8.70. The average molecular weight is 249 g/mol. The lowest BCUT2D eigenvalue weighted by Gasteiger charge is -2.30. The Morgan fingerprint density at radius 1 is 1.44 bits per heavy atom. The van der Waals surface area contributed by atoms with Gasteiger partial charge in [-0.15, -0.1) is 0 Å².